The molecule has 0 saturated carbocycles. The molecule has 0 spiro atoms. The summed E-state index contributed by atoms with van der Waals surface area (Å²) in [4.78, 5) is 32.3. The van der Waals surface area contributed by atoms with E-state index in [1.807, 2.05) is 23.0 Å². The zero-order valence-electron chi connectivity index (χ0n) is 16.5. The number of rotatable bonds is 6. The van der Waals surface area contributed by atoms with Gasteiger partial charge >= 0.3 is 0 Å². The Labute approximate surface area is 170 Å². The minimum Gasteiger partial charge on any atom is -0.545 e. The highest BCUT2D eigenvalue weighted by molar-refractivity contribution is 5.98. The van der Waals surface area contributed by atoms with Gasteiger partial charge in [0.25, 0.3) is 11.7 Å². The van der Waals surface area contributed by atoms with E-state index in [1.165, 1.54) is 12.3 Å². The minimum absolute atomic E-state index is 0.00209. The van der Waals surface area contributed by atoms with Crippen molar-refractivity contribution in [1.29, 1.82) is 0 Å². The van der Waals surface area contributed by atoms with E-state index in [-0.39, 0.29) is 23.6 Å². The van der Waals surface area contributed by atoms with E-state index >= 15 is 0 Å². The van der Waals surface area contributed by atoms with Crippen LogP contribution in [0.2, 0.25) is 0 Å². The number of carboxylic acids is 1. The molecule has 0 radical (unpaired) electrons. The molecule has 1 aromatic carbocycles. The molecule has 0 aliphatic carbocycles. The van der Waals surface area contributed by atoms with Crippen molar-refractivity contribution in [3.63, 3.8) is 0 Å². The Hall–Kier alpha value is -4.02. The lowest BCUT2D eigenvalue weighted by Gasteiger charge is -2.07. The molecule has 0 aliphatic heterocycles. The quantitative estimate of drug-likeness (QED) is 0.363. The molecule has 0 saturated heterocycles. The number of aryl methyl sites for hydroxylation is 2. The smallest absolute Gasteiger partial charge is 0.277 e. The summed E-state index contributed by atoms with van der Waals surface area (Å²) in [6, 6.07) is 4.85. The highest BCUT2D eigenvalue weighted by Gasteiger charge is 2.25. The monoisotopic (exact) mass is 408 g/mol. The summed E-state index contributed by atoms with van der Waals surface area (Å²) in [5, 5.41) is 20.6. The van der Waals surface area contributed by atoms with E-state index in [1.54, 1.807) is 12.1 Å². The number of fused-ring (bicyclic) bond motifs is 2. The molecule has 4 N–H and O–H groups in total. The molecule has 30 heavy (non-hydrogen) atoms. The zero-order valence-corrected chi connectivity index (χ0v) is 16.5. The van der Waals surface area contributed by atoms with Crippen molar-refractivity contribution in [3.05, 3.63) is 41.5 Å². The Morgan fingerprint density at radius 1 is 1.30 bits per heavy atom. The van der Waals surface area contributed by atoms with E-state index < -0.39 is 11.9 Å². The van der Waals surface area contributed by atoms with E-state index in [0.717, 1.165) is 16.9 Å². The van der Waals surface area contributed by atoms with Crippen molar-refractivity contribution in [2.75, 3.05) is 5.73 Å². The Kier molecular flexibility index (Phi) is 4.78. The number of benzene rings is 1. The molecule has 4 rings (SSSR count). The van der Waals surface area contributed by atoms with Crippen molar-refractivity contribution in [1.82, 2.24) is 30.0 Å². The number of aromatic nitrogens is 6. The summed E-state index contributed by atoms with van der Waals surface area (Å²) in [5.74, 6) is -0.881. The standard InChI is InChI=1S/C19H20N8O3/c1-3-26-12-6-5-10(19(29)30)7-13(12)27(4-2)14(26)9-21-18(28)15-16(20)24-17-11(23-15)8-22-25-17/h5-8H,3-4,9H2,1-2H3,(H4-,20,21,22,23,24,25,28,29,30). The van der Waals surface area contributed by atoms with Crippen LogP contribution in [0.3, 0.4) is 0 Å². The number of aromatic amines is 1. The third-order valence-electron chi connectivity index (χ3n) is 4.98. The first kappa shape index (κ1) is 19.3. The first-order valence-electron chi connectivity index (χ1n) is 9.45. The number of hydrogen-bond acceptors (Lipinski definition) is 7. The summed E-state index contributed by atoms with van der Waals surface area (Å²) in [5.41, 5.74) is 8.47. The summed E-state index contributed by atoms with van der Waals surface area (Å²) in [6.45, 7) is 5.36. The van der Waals surface area contributed by atoms with Gasteiger partial charge < -0.3 is 21.0 Å². The Morgan fingerprint density at radius 3 is 2.80 bits per heavy atom. The van der Waals surface area contributed by atoms with Gasteiger partial charge in [-0.15, -0.1) is 0 Å². The van der Waals surface area contributed by atoms with Crippen LogP contribution in [-0.2, 0) is 19.6 Å². The highest BCUT2D eigenvalue weighted by atomic mass is 16.4. The molecule has 11 nitrogen and oxygen atoms in total. The normalized spacial score (nSPS) is 11.3. The van der Waals surface area contributed by atoms with Gasteiger partial charge in [-0.05, 0) is 32.0 Å². The molecule has 11 heteroatoms. The number of imidazole rings is 1. The molecule has 0 atom stereocenters. The second-order valence-electron chi connectivity index (χ2n) is 6.64. The van der Waals surface area contributed by atoms with Gasteiger partial charge in [-0.2, -0.15) is 5.10 Å². The van der Waals surface area contributed by atoms with Gasteiger partial charge in [-0.25, -0.2) is 19.1 Å². The Bertz CT molecular complexity index is 1290. The summed E-state index contributed by atoms with van der Waals surface area (Å²) < 4.78 is 3.98. The number of nitrogens with two attached hydrogens (primary N) is 1. The number of amides is 1. The maximum absolute atomic E-state index is 12.7. The number of carboxylic acid groups (broad SMARTS) is 1. The van der Waals surface area contributed by atoms with Crippen molar-refractivity contribution in [3.8, 4) is 0 Å². The van der Waals surface area contributed by atoms with E-state index in [0.29, 0.717) is 24.3 Å². The van der Waals surface area contributed by atoms with Gasteiger partial charge in [-0.1, -0.05) is 0 Å². The third-order valence-corrected chi connectivity index (χ3v) is 4.98. The fraction of sp³-hybridized carbons (Fsp3) is 0.263. The Balaban J connectivity index is 1.69. The Morgan fingerprint density at radius 2 is 2.10 bits per heavy atom. The molecular weight excluding hydrogens is 388 g/mol. The number of hydrogen-bond donors (Lipinski definition) is 3. The average molecular weight is 408 g/mol. The maximum Gasteiger partial charge on any atom is 0.277 e. The van der Waals surface area contributed by atoms with Gasteiger partial charge in [0.15, 0.2) is 28.2 Å². The van der Waals surface area contributed by atoms with Crippen LogP contribution < -0.4 is 20.7 Å². The van der Waals surface area contributed by atoms with Gasteiger partial charge in [0.05, 0.1) is 25.3 Å². The fourth-order valence-electron chi connectivity index (χ4n) is 3.61. The molecule has 0 unspecified atom stereocenters. The third kappa shape index (κ3) is 3.09. The highest BCUT2D eigenvalue weighted by Crippen LogP contribution is 2.18. The van der Waals surface area contributed by atoms with Crippen LogP contribution in [0.15, 0.2) is 24.4 Å². The second kappa shape index (κ2) is 7.43. The molecule has 0 aliphatic rings. The predicted molar refractivity (Wildman–Crippen MR) is 105 cm³/mol. The summed E-state index contributed by atoms with van der Waals surface area (Å²) >= 11 is 0. The number of H-pyrrole nitrogens is 1. The SMILES string of the molecule is CCn1c(CNC(=O)c2nc3cn[nH]c3nc2N)[n+](CC)c2ccc(C(=O)[O-])cc21. The van der Waals surface area contributed by atoms with Crippen LogP contribution >= 0.6 is 0 Å². The lowest BCUT2D eigenvalue weighted by Crippen LogP contribution is -2.40. The molecular formula is C19H20N8O3. The molecule has 0 fully saturated rings. The van der Waals surface area contributed by atoms with Gasteiger partial charge in [0, 0.05) is 5.56 Å². The first-order valence-corrected chi connectivity index (χ1v) is 9.45. The maximum atomic E-state index is 12.7. The van der Waals surface area contributed by atoms with Crippen molar-refractivity contribution in [2.45, 2.75) is 33.5 Å². The number of nitrogens with one attached hydrogen (secondary N) is 2. The minimum atomic E-state index is -1.23. The fourth-order valence-corrected chi connectivity index (χ4v) is 3.61. The van der Waals surface area contributed by atoms with E-state index in [2.05, 4.69) is 25.5 Å². The van der Waals surface area contributed by atoms with Crippen molar-refractivity contribution in [2.24, 2.45) is 0 Å². The number of anilines is 1. The number of nitrogens with zero attached hydrogens (tertiary/aromatic N) is 5. The molecule has 154 valence electrons. The van der Waals surface area contributed by atoms with Crippen LogP contribution in [0.25, 0.3) is 22.2 Å². The zero-order chi connectivity index (χ0) is 21.4. The predicted octanol–water partition coefficient (Wildman–Crippen LogP) is -0.489. The number of aromatic carboxylic acids is 1. The molecule has 1 amide bonds. The van der Waals surface area contributed by atoms with Crippen LogP contribution in [-0.4, -0.2) is 36.6 Å². The number of carbonyl (C=O) groups excluding carboxylic acids is 2. The van der Waals surface area contributed by atoms with Crippen molar-refractivity contribution < 1.29 is 19.3 Å². The topological polar surface area (TPSA) is 159 Å². The largest absolute Gasteiger partial charge is 0.545 e. The van der Waals surface area contributed by atoms with E-state index in [4.69, 9.17) is 5.73 Å². The number of nitrogen functional groups attached to an aromatic ring is 1. The summed E-state index contributed by atoms with van der Waals surface area (Å²) in [7, 11) is 0. The first-order chi connectivity index (χ1) is 14.4. The van der Waals surface area contributed by atoms with Crippen molar-refractivity contribution >= 4 is 39.9 Å². The van der Waals surface area contributed by atoms with E-state index in [9.17, 15) is 14.7 Å². The molecule has 4 aromatic rings. The van der Waals surface area contributed by atoms with Crippen LogP contribution in [0.4, 0.5) is 5.82 Å². The van der Waals surface area contributed by atoms with Crippen LogP contribution in [0.1, 0.15) is 40.5 Å². The van der Waals surface area contributed by atoms with Crippen LogP contribution in [0.5, 0.6) is 0 Å². The van der Waals surface area contributed by atoms with Gasteiger partial charge in [0.1, 0.15) is 12.1 Å². The number of carbonyl (C=O) groups is 2. The molecule has 3 heterocycles. The molecule has 3 aromatic heterocycles. The lowest BCUT2D eigenvalue weighted by molar-refractivity contribution is -0.676. The van der Waals surface area contributed by atoms with Gasteiger partial charge in [-0.3, -0.25) is 9.89 Å². The molecule has 0 bridgehead atoms. The van der Waals surface area contributed by atoms with Crippen LogP contribution in [0, 0.1) is 0 Å². The second-order valence-corrected chi connectivity index (χ2v) is 6.64. The van der Waals surface area contributed by atoms with Gasteiger partial charge in [0.2, 0.25) is 0 Å². The lowest BCUT2D eigenvalue weighted by atomic mass is 10.2. The average Bonchev–Trinajstić information content (AvgIpc) is 3.31. The summed E-state index contributed by atoms with van der Waals surface area (Å²) in [6.07, 6.45) is 1.47.